The van der Waals surface area contributed by atoms with Crippen LogP contribution >= 0.6 is 11.8 Å². The van der Waals surface area contributed by atoms with E-state index in [9.17, 15) is 0 Å². The second kappa shape index (κ2) is 8.50. The van der Waals surface area contributed by atoms with Crippen molar-refractivity contribution >= 4 is 11.8 Å². The number of ether oxygens (including phenoxy) is 1. The molecule has 0 aromatic rings. The van der Waals surface area contributed by atoms with Crippen molar-refractivity contribution in [2.24, 2.45) is 5.41 Å². The SMILES string of the molecule is CSCCC(C)N(C)CC1(CNC(C)C)CCOC1. The molecule has 2 unspecified atom stereocenters. The molecule has 1 aliphatic rings. The number of nitrogens with one attached hydrogen (secondary N) is 1. The third-order valence-corrected chi connectivity index (χ3v) is 4.79. The van der Waals surface area contributed by atoms with Crippen molar-refractivity contribution in [3.63, 3.8) is 0 Å². The minimum Gasteiger partial charge on any atom is -0.381 e. The van der Waals surface area contributed by atoms with Gasteiger partial charge in [-0.25, -0.2) is 0 Å². The van der Waals surface area contributed by atoms with E-state index < -0.39 is 0 Å². The molecule has 0 aromatic carbocycles. The van der Waals surface area contributed by atoms with E-state index in [4.69, 9.17) is 4.74 Å². The van der Waals surface area contributed by atoms with Crippen LogP contribution < -0.4 is 5.32 Å². The Hall–Kier alpha value is 0.230. The van der Waals surface area contributed by atoms with E-state index in [0.717, 1.165) is 26.3 Å². The van der Waals surface area contributed by atoms with Gasteiger partial charge in [-0.05, 0) is 38.8 Å². The van der Waals surface area contributed by atoms with Gasteiger partial charge in [-0.15, -0.1) is 0 Å². The van der Waals surface area contributed by atoms with E-state index in [1.807, 2.05) is 11.8 Å². The van der Waals surface area contributed by atoms with E-state index in [-0.39, 0.29) is 0 Å². The van der Waals surface area contributed by atoms with Crippen LogP contribution in [0.3, 0.4) is 0 Å². The largest absolute Gasteiger partial charge is 0.381 e. The zero-order chi connectivity index (χ0) is 14.3. The Labute approximate surface area is 123 Å². The molecule has 114 valence electrons. The number of thioether (sulfide) groups is 1. The van der Waals surface area contributed by atoms with Crippen LogP contribution in [0.2, 0.25) is 0 Å². The predicted octanol–water partition coefficient (Wildman–Crippen LogP) is 2.46. The Morgan fingerprint density at radius 1 is 1.37 bits per heavy atom. The van der Waals surface area contributed by atoms with Crippen LogP contribution in [0.15, 0.2) is 0 Å². The van der Waals surface area contributed by atoms with Gasteiger partial charge in [-0.3, -0.25) is 0 Å². The van der Waals surface area contributed by atoms with Crippen LogP contribution in [0.25, 0.3) is 0 Å². The number of rotatable bonds is 9. The molecule has 0 amide bonds. The van der Waals surface area contributed by atoms with Gasteiger partial charge in [0.2, 0.25) is 0 Å². The first kappa shape index (κ1) is 17.3. The van der Waals surface area contributed by atoms with E-state index in [1.165, 1.54) is 18.6 Å². The van der Waals surface area contributed by atoms with E-state index in [0.29, 0.717) is 17.5 Å². The fourth-order valence-corrected chi connectivity index (χ4v) is 3.16. The molecule has 4 heteroatoms. The topological polar surface area (TPSA) is 24.5 Å². The Morgan fingerprint density at radius 2 is 2.11 bits per heavy atom. The zero-order valence-electron chi connectivity index (χ0n) is 13.4. The smallest absolute Gasteiger partial charge is 0.0547 e. The molecule has 1 N–H and O–H groups in total. The summed E-state index contributed by atoms with van der Waals surface area (Å²) < 4.78 is 5.68. The van der Waals surface area contributed by atoms with Crippen molar-refractivity contribution in [3.8, 4) is 0 Å². The molecule has 1 heterocycles. The molecule has 1 fully saturated rings. The quantitative estimate of drug-likeness (QED) is 0.704. The van der Waals surface area contributed by atoms with Crippen molar-refractivity contribution in [3.05, 3.63) is 0 Å². The highest BCUT2D eigenvalue weighted by atomic mass is 32.2. The summed E-state index contributed by atoms with van der Waals surface area (Å²) in [5.74, 6) is 1.25. The van der Waals surface area contributed by atoms with Crippen molar-refractivity contribution in [1.29, 1.82) is 0 Å². The lowest BCUT2D eigenvalue weighted by atomic mass is 9.86. The van der Waals surface area contributed by atoms with Gasteiger partial charge in [0.15, 0.2) is 0 Å². The van der Waals surface area contributed by atoms with Gasteiger partial charge < -0.3 is 15.0 Å². The lowest BCUT2D eigenvalue weighted by Crippen LogP contribution is -2.47. The van der Waals surface area contributed by atoms with Gasteiger partial charge in [0, 0.05) is 37.2 Å². The van der Waals surface area contributed by atoms with Crippen LogP contribution in [0, 0.1) is 5.41 Å². The van der Waals surface area contributed by atoms with Crippen molar-refractivity contribution < 1.29 is 4.74 Å². The minimum absolute atomic E-state index is 0.312. The standard InChI is InChI=1S/C15H32N2OS/c1-13(2)16-10-15(7-8-18-12-15)11-17(4)14(3)6-9-19-5/h13-14,16H,6-12H2,1-5H3. The molecule has 0 bridgehead atoms. The first-order chi connectivity index (χ1) is 8.99. The van der Waals surface area contributed by atoms with Crippen LogP contribution in [0.4, 0.5) is 0 Å². The van der Waals surface area contributed by atoms with Crippen LogP contribution in [-0.2, 0) is 4.74 Å². The molecule has 3 nitrogen and oxygen atoms in total. The van der Waals surface area contributed by atoms with Gasteiger partial charge in [-0.2, -0.15) is 11.8 Å². The zero-order valence-corrected chi connectivity index (χ0v) is 14.2. The summed E-state index contributed by atoms with van der Waals surface area (Å²) in [4.78, 5) is 2.52. The average molecular weight is 289 g/mol. The molecule has 1 aliphatic heterocycles. The summed E-state index contributed by atoms with van der Waals surface area (Å²) in [7, 11) is 2.26. The molecule has 0 saturated carbocycles. The molecular formula is C15H32N2OS. The summed E-state index contributed by atoms with van der Waals surface area (Å²) in [5, 5.41) is 3.60. The summed E-state index contributed by atoms with van der Waals surface area (Å²) >= 11 is 1.94. The fourth-order valence-electron chi connectivity index (χ4n) is 2.58. The predicted molar refractivity (Wildman–Crippen MR) is 86.1 cm³/mol. The monoisotopic (exact) mass is 288 g/mol. The average Bonchev–Trinajstić information content (AvgIpc) is 2.82. The molecule has 1 rings (SSSR count). The fraction of sp³-hybridized carbons (Fsp3) is 1.00. The summed E-state index contributed by atoms with van der Waals surface area (Å²) in [6.07, 6.45) is 4.64. The lowest BCUT2D eigenvalue weighted by Gasteiger charge is -2.36. The molecule has 19 heavy (non-hydrogen) atoms. The van der Waals surface area contributed by atoms with E-state index >= 15 is 0 Å². The third kappa shape index (κ3) is 6.03. The Balaban J connectivity index is 2.47. The molecule has 1 saturated heterocycles. The van der Waals surface area contributed by atoms with Crippen molar-refractivity contribution in [2.75, 3.05) is 45.4 Å². The van der Waals surface area contributed by atoms with Crippen LogP contribution in [0.5, 0.6) is 0 Å². The molecule has 0 aromatic heterocycles. The Kier molecular flexibility index (Phi) is 7.73. The molecule has 0 spiro atoms. The maximum absolute atomic E-state index is 5.68. The lowest BCUT2D eigenvalue weighted by molar-refractivity contribution is 0.102. The van der Waals surface area contributed by atoms with Crippen LogP contribution in [-0.4, -0.2) is 62.3 Å². The van der Waals surface area contributed by atoms with Crippen molar-refractivity contribution in [1.82, 2.24) is 10.2 Å². The highest BCUT2D eigenvalue weighted by molar-refractivity contribution is 7.98. The van der Waals surface area contributed by atoms with Crippen molar-refractivity contribution in [2.45, 2.75) is 45.7 Å². The Morgan fingerprint density at radius 3 is 2.63 bits per heavy atom. The minimum atomic E-state index is 0.312. The van der Waals surface area contributed by atoms with Gasteiger partial charge >= 0.3 is 0 Å². The van der Waals surface area contributed by atoms with Gasteiger partial charge in [0.05, 0.1) is 6.61 Å². The number of hydrogen-bond acceptors (Lipinski definition) is 4. The number of nitrogens with zero attached hydrogens (tertiary/aromatic N) is 1. The number of hydrogen-bond donors (Lipinski definition) is 1. The normalized spacial score (nSPS) is 25.4. The second-order valence-corrected chi connectivity index (χ2v) is 7.37. The molecule has 0 aliphatic carbocycles. The molecule has 2 atom stereocenters. The summed E-state index contributed by atoms with van der Waals surface area (Å²) in [6.45, 7) is 10.8. The Bertz CT molecular complexity index is 242. The molecule has 0 radical (unpaired) electrons. The van der Waals surface area contributed by atoms with Gasteiger partial charge in [-0.1, -0.05) is 13.8 Å². The maximum Gasteiger partial charge on any atom is 0.0547 e. The van der Waals surface area contributed by atoms with Gasteiger partial charge in [0.1, 0.15) is 0 Å². The third-order valence-electron chi connectivity index (χ3n) is 4.15. The maximum atomic E-state index is 5.68. The second-order valence-electron chi connectivity index (χ2n) is 6.38. The highest BCUT2D eigenvalue weighted by Crippen LogP contribution is 2.29. The molecular weight excluding hydrogens is 256 g/mol. The first-order valence-electron chi connectivity index (χ1n) is 7.49. The van der Waals surface area contributed by atoms with E-state index in [1.54, 1.807) is 0 Å². The van der Waals surface area contributed by atoms with Crippen LogP contribution in [0.1, 0.15) is 33.6 Å². The summed E-state index contributed by atoms with van der Waals surface area (Å²) in [5.41, 5.74) is 0.312. The highest BCUT2D eigenvalue weighted by Gasteiger charge is 2.36. The first-order valence-corrected chi connectivity index (χ1v) is 8.89. The summed E-state index contributed by atoms with van der Waals surface area (Å²) in [6, 6.07) is 1.21. The van der Waals surface area contributed by atoms with E-state index in [2.05, 4.69) is 44.3 Å². The van der Waals surface area contributed by atoms with Gasteiger partial charge in [0.25, 0.3) is 0 Å².